The molecule has 0 saturated carbocycles. The van der Waals surface area contributed by atoms with Gasteiger partial charge < -0.3 is 24.8 Å². The van der Waals surface area contributed by atoms with E-state index in [2.05, 4.69) is 97.9 Å². The minimum atomic E-state index is -4.49. The summed E-state index contributed by atoms with van der Waals surface area (Å²) in [5.74, 6) is 0. The van der Waals surface area contributed by atoms with Crippen molar-refractivity contribution in [1.82, 2.24) is 0 Å². The Morgan fingerprint density at radius 1 is 0.635 bits per heavy atom. The van der Waals surface area contributed by atoms with Gasteiger partial charge in [0.1, 0.15) is 0 Å². The van der Waals surface area contributed by atoms with Gasteiger partial charge in [0.05, 0.1) is 0 Å². The quantitative estimate of drug-likeness (QED) is 0.132. The number of hydrogen-bond donors (Lipinski definition) is 0. The van der Waals surface area contributed by atoms with Crippen LogP contribution in [-0.4, -0.2) is 3.21 Å². The van der Waals surface area contributed by atoms with Crippen molar-refractivity contribution >= 4 is 24.8 Å². The van der Waals surface area contributed by atoms with Crippen LogP contribution in [0.15, 0.2) is 97.1 Å². The maximum absolute atomic E-state index is 12.7. The Kier molecular flexibility index (Phi) is 15.3. The van der Waals surface area contributed by atoms with Gasteiger partial charge in [-0.2, -0.15) is 6.08 Å². The Morgan fingerprint density at radius 2 is 1.04 bits per heavy atom. The zero-order valence-electron chi connectivity index (χ0n) is 30.5. The van der Waals surface area contributed by atoms with Crippen molar-refractivity contribution in [2.75, 3.05) is 0 Å². The van der Waals surface area contributed by atoms with E-state index in [4.69, 9.17) is 0 Å². The van der Waals surface area contributed by atoms with E-state index in [-0.39, 0.29) is 46.8 Å². The first kappa shape index (κ1) is 45.3. The van der Waals surface area contributed by atoms with Crippen molar-refractivity contribution in [1.29, 1.82) is 0 Å². The molecule has 0 amide bonds. The Labute approximate surface area is 330 Å². The Hall–Kier alpha value is -2.86. The number of aryl methyl sites for hydroxylation is 2. The van der Waals surface area contributed by atoms with Gasteiger partial charge in [0.15, 0.2) is 0 Å². The normalized spacial score (nSPS) is 12.8. The zero-order chi connectivity index (χ0) is 37.2. The Morgan fingerprint density at radius 3 is 1.33 bits per heavy atom. The van der Waals surface area contributed by atoms with E-state index < -0.39 is 23.5 Å². The van der Waals surface area contributed by atoms with Gasteiger partial charge in [-0.15, -0.1) is 46.2 Å². The molecule has 0 radical (unpaired) electrons. The van der Waals surface area contributed by atoms with Crippen LogP contribution in [0.1, 0.15) is 92.5 Å². The second kappa shape index (κ2) is 17.5. The molecule has 5 aromatic rings. The van der Waals surface area contributed by atoms with Crippen molar-refractivity contribution < 1.29 is 75.4 Å². The molecule has 0 spiro atoms. The third-order valence-corrected chi connectivity index (χ3v) is 9.97. The van der Waals surface area contributed by atoms with Crippen LogP contribution in [0.4, 0.5) is 26.3 Å². The first-order valence-corrected chi connectivity index (χ1v) is 17.6. The van der Waals surface area contributed by atoms with E-state index in [9.17, 15) is 26.3 Å². The molecule has 0 N–H and O–H groups in total. The second-order valence-corrected chi connectivity index (χ2v) is 15.9. The second-order valence-electron chi connectivity index (χ2n) is 14.7. The topological polar surface area (TPSA) is 0 Å². The molecule has 5 aromatic carbocycles. The summed E-state index contributed by atoms with van der Waals surface area (Å²) < 4.78 is 76.7. The summed E-state index contributed by atoms with van der Waals surface area (Å²) in [4.78, 5) is 0. The van der Waals surface area contributed by atoms with Crippen molar-refractivity contribution in [3.63, 3.8) is 0 Å². The molecule has 0 atom stereocenters. The molecule has 0 heterocycles. The molecule has 9 heteroatoms. The molecule has 1 aliphatic rings. The maximum atomic E-state index is 12.7. The van der Waals surface area contributed by atoms with Gasteiger partial charge in [-0.05, 0) is 24.7 Å². The third kappa shape index (κ3) is 11.3. The zero-order valence-corrected chi connectivity index (χ0v) is 34.4. The number of benzene rings is 4. The molecule has 0 nitrogen and oxygen atoms in total. The largest absolute Gasteiger partial charge is 1.00 e. The number of fused-ring (bicyclic) bond motifs is 3. The molecule has 276 valence electrons. The maximum Gasteiger partial charge on any atom is -0.109 e. The van der Waals surface area contributed by atoms with Crippen LogP contribution in [0.5, 0.6) is 0 Å². The summed E-state index contributed by atoms with van der Waals surface area (Å²) in [7, 11) is 0. The monoisotopic (exact) mass is 832 g/mol. The fourth-order valence-electron chi connectivity index (χ4n) is 6.16. The molecule has 1 aliphatic carbocycles. The molecule has 0 bridgehead atoms. The van der Waals surface area contributed by atoms with Crippen LogP contribution in [0, 0.1) is 19.9 Å². The van der Waals surface area contributed by atoms with Gasteiger partial charge in [0, 0.05) is 0 Å². The molecule has 0 aliphatic heterocycles. The van der Waals surface area contributed by atoms with Gasteiger partial charge in [0.2, 0.25) is 0 Å². The number of hydrogen-bond acceptors (Lipinski definition) is 0. The van der Waals surface area contributed by atoms with E-state index in [0.29, 0.717) is 3.21 Å². The molecule has 0 saturated heterocycles. The minimum absolute atomic E-state index is 0. The third-order valence-electron chi connectivity index (χ3n) is 8.55. The molecular formula is C43H42Cl2F6Zr-2. The van der Waals surface area contributed by atoms with Gasteiger partial charge in [0.25, 0.3) is 0 Å². The summed E-state index contributed by atoms with van der Waals surface area (Å²) >= 11 is 0.729. The molecule has 52 heavy (non-hydrogen) atoms. The number of rotatable bonds is 2. The van der Waals surface area contributed by atoms with Crippen molar-refractivity contribution in [3.05, 3.63) is 148 Å². The molecular weight excluding hydrogens is 793 g/mol. The SMILES string of the molecule is Cc1cc2[cH-]c3cc(C)c(C(C)(C)C)cc3c2cc1C(C)(C)C.FC(F)(F)c1cccc([C](=[Zr+2])c2cccc(C(F)(F)F)c2)c1.[C-]1=CC=CC1.[Cl-].[Cl-]. The van der Waals surface area contributed by atoms with Gasteiger partial charge in [-0.25, -0.2) is 12.2 Å². The Bertz CT molecular complexity index is 1920. The molecule has 0 unspecified atom stereocenters. The molecule has 0 fully saturated rings. The Balaban J connectivity index is 0.000000307. The van der Waals surface area contributed by atoms with Gasteiger partial charge in [-0.1, -0.05) is 75.9 Å². The summed E-state index contributed by atoms with van der Waals surface area (Å²) in [6, 6.07) is 21.1. The van der Waals surface area contributed by atoms with Crippen LogP contribution in [-0.2, 0) is 47.4 Å². The van der Waals surface area contributed by atoms with Gasteiger partial charge >= 0.3 is 137 Å². The van der Waals surface area contributed by atoms with E-state index in [1.165, 1.54) is 68.1 Å². The van der Waals surface area contributed by atoms with E-state index in [1.807, 2.05) is 12.2 Å². The summed E-state index contributed by atoms with van der Waals surface area (Å²) in [5, 5.41) is 5.55. The standard InChI is InChI=1S/C23H29.C15H8F6.C5H5.2ClH.Zr/c1-14-9-16-11-17-10-15(2)21(23(6,7)8)13-19(17)18(16)12-20(14)22(3,4)5;16-14(17,18)12-5-1-3-10(8-12)7-11-4-2-6-13(9-11)15(19,20)21;1-2-4-5-3-1;;;/h9-13H,1-8H3;1-6,8-9H;1-3H,4H2;2*1H;/q-1;;-1;;;+2/p-2. The van der Waals surface area contributed by atoms with Crippen LogP contribution in [0.25, 0.3) is 21.5 Å². The average molecular weight is 835 g/mol. The van der Waals surface area contributed by atoms with Crippen LogP contribution in [0.3, 0.4) is 0 Å². The van der Waals surface area contributed by atoms with E-state index in [0.717, 1.165) is 54.9 Å². The fourth-order valence-corrected chi connectivity index (χ4v) is 6.92. The molecule has 6 rings (SSSR count). The predicted molar refractivity (Wildman–Crippen MR) is 192 cm³/mol. The summed E-state index contributed by atoms with van der Waals surface area (Å²) in [5.41, 5.74) is 4.96. The summed E-state index contributed by atoms with van der Waals surface area (Å²) in [6.07, 6.45) is 1.03. The van der Waals surface area contributed by atoms with Crippen LogP contribution < -0.4 is 24.8 Å². The minimum Gasteiger partial charge on any atom is -1.00 e. The van der Waals surface area contributed by atoms with Gasteiger partial charge in [-0.3, -0.25) is 6.08 Å². The average Bonchev–Trinajstić information content (AvgIpc) is 3.70. The smallest absolute Gasteiger partial charge is 0.109 e. The van der Waals surface area contributed by atoms with Crippen molar-refractivity contribution in [2.45, 2.75) is 85.0 Å². The van der Waals surface area contributed by atoms with E-state index >= 15 is 0 Å². The number of alkyl halides is 6. The van der Waals surface area contributed by atoms with Crippen molar-refractivity contribution in [2.24, 2.45) is 0 Å². The van der Waals surface area contributed by atoms with E-state index in [1.54, 1.807) is 0 Å². The molecule has 0 aromatic heterocycles. The summed E-state index contributed by atoms with van der Waals surface area (Å²) in [6.45, 7) is 18.3. The fraction of sp³-hybridized carbons (Fsp3) is 0.302. The van der Waals surface area contributed by atoms with Crippen LogP contribution >= 0.6 is 0 Å². The first-order chi connectivity index (χ1) is 23.1. The van der Waals surface area contributed by atoms with Crippen LogP contribution in [0.2, 0.25) is 0 Å². The predicted octanol–water partition coefficient (Wildman–Crippen LogP) is 7.08. The number of halogens is 8. The first-order valence-electron chi connectivity index (χ1n) is 16.4. The van der Waals surface area contributed by atoms with Crippen molar-refractivity contribution in [3.8, 4) is 0 Å². The number of allylic oxidation sites excluding steroid dienone is 4.